The number of anilines is 1. The van der Waals surface area contributed by atoms with Crippen LogP contribution in [0, 0.1) is 18.3 Å². The smallest absolute Gasteiger partial charge is 0.142 e. The summed E-state index contributed by atoms with van der Waals surface area (Å²) >= 11 is 3.54. The molecule has 0 atom stereocenters. The lowest BCUT2D eigenvalue weighted by molar-refractivity contribution is 0.354. The van der Waals surface area contributed by atoms with Gasteiger partial charge in [0.25, 0.3) is 0 Å². The lowest BCUT2D eigenvalue weighted by atomic mass is 10.1. The van der Waals surface area contributed by atoms with E-state index in [4.69, 9.17) is 4.74 Å². The molecule has 0 saturated carbocycles. The summed E-state index contributed by atoms with van der Waals surface area (Å²) in [6, 6.07) is 6.34. The van der Waals surface area contributed by atoms with Gasteiger partial charge in [0, 0.05) is 30.0 Å². The van der Waals surface area contributed by atoms with Gasteiger partial charge in [-0.25, -0.2) is 0 Å². The van der Waals surface area contributed by atoms with Crippen molar-refractivity contribution in [2.75, 3.05) is 11.9 Å². The molecule has 1 N–H and O–H groups in total. The lowest BCUT2D eigenvalue weighted by Crippen LogP contribution is -2.07. The number of fused-ring (bicyclic) bond motifs is 1. The average molecular weight is 347 g/mol. The van der Waals surface area contributed by atoms with E-state index in [0.717, 1.165) is 40.3 Å². The first-order valence-corrected chi connectivity index (χ1v) is 7.51. The van der Waals surface area contributed by atoms with Crippen molar-refractivity contribution in [2.45, 2.75) is 19.9 Å². The first-order chi connectivity index (χ1) is 10.1. The van der Waals surface area contributed by atoms with Crippen molar-refractivity contribution < 1.29 is 4.74 Å². The summed E-state index contributed by atoms with van der Waals surface area (Å²) in [5.74, 6) is 1.70. The summed E-state index contributed by atoms with van der Waals surface area (Å²) in [5.41, 5.74) is 3.63. The van der Waals surface area contributed by atoms with Crippen LogP contribution in [0.3, 0.4) is 0 Å². The highest BCUT2D eigenvalue weighted by molar-refractivity contribution is 9.10. The van der Waals surface area contributed by atoms with Gasteiger partial charge in [0.2, 0.25) is 0 Å². The van der Waals surface area contributed by atoms with Gasteiger partial charge in [-0.05, 0) is 24.6 Å². The molecule has 1 aliphatic rings. The van der Waals surface area contributed by atoms with Gasteiger partial charge in [0.05, 0.1) is 12.3 Å². The maximum Gasteiger partial charge on any atom is 0.142 e. The Morgan fingerprint density at radius 1 is 1.52 bits per heavy atom. The predicted molar refractivity (Wildman–Crippen MR) is 83.3 cm³/mol. The van der Waals surface area contributed by atoms with Gasteiger partial charge >= 0.3 is 0 Å². The topological polar surface area (TPSA) is 62.9 Å². The van der Waals surface area contributed by atoms with Crippen LogP contribution in [-0.2, 0) is 20.0 Å². The Morgan fingerprint density at radius 2 is 2.33 bits per heavy atom. The van der Waals surface area contributed by atoms with Crippen LogP contribution in [0.2, 0.25) is 0 Å². The van der Waals surface area contributed by atoms with E-state index in [2.05, 4.69) is 38.5 Å². The molecular formula is C15H15BrN4O. The quantitative estimate of drug-likeness (QED) is 0.927. The average Bonchev–Trinajstić information content (AvgIpc) is 3.00. The van der Waals surface area contributed by atoms with Crippen LogP contribution >= 0.6 is 15.9 Å². The Kier molecular flexibility index (Phi) is 3.60. The number of benzene rings is 1. The Balaban J connectivity index is 1.88. The number of hydrogen-bond donors (Lipinski definition) is 1. The van der Waals surface area contributed by atoms with Gasteiger partial charge < -0.3 is 10.1 Å². The maximum absolute atomic E-state index is 9.23. The van der Waals surface area contributed by atoms with E-state index in [1.54, 1.807) is 4.68 Å². The number of aryl methyl sites for hydroxylation is 2. The van der Waals surface area contributed by atoms with Crippen LogP contribution in [-0.4, -0.2) is 16.4 Å². The number of ether oxygens (including phenoxy) is 1. The summed E-state index contributed by atoms with van der Waals surface area (Å²) in [4.78, 5) is 0. The Labute approximate surface area is 131 Å². The van der Waals surface area contributed by atoms with Crippen LogP contribution in [0.5, 0.6) is 5.75 Å². The molecule has 1 aliphatic heterocycles. The van der Waals surface area contributed by atoms with E-state index in [1.165, 1.54) is 5.56 Å². The normalized spacial score (nSPS) is 12.7. The fourth-order valence-corrected chi connectivity index (χ4v) is 3.20. The summed E-state index contributed by atoms with van der Waals surface area (Å²) in [6.07, 6.45) is 0.941. The summed E-state index contributed by atoms with van der Waals surface area (Å²) in [5, 5.41) is 16.8. The standard InChI is InChI=1S/C15H15BrN4O/c1-9-13(7-17)15(20(2)19-9)18-8-11-6-12(16)5-10-3-4-21-14(10)11/h5-6,18H,3-4,8H2,1-2H3. The van der Waals surface area contributed by atoms with Gasteiger partial charge in [0.15, 0.2) is 0 Å². The minimum Gasteiger partial charge on any atom is -0.493 e. The van der Waals surface area contributed by atoms with Gasteiger partial charge in [0.1, 0.15) is 23.2 Å². The minimum absolute atomic E-state index is 0.588. The molecule has 0 amide bonds. The van der Waals surface area contributed by atoms with Crippen LogP contribution in [0.15, 0.2) is 16.6 Å². The number of aromatic nitrogens is 2. The molecule has 0 fully saturated rings. The Hall–Kier alpha value is -2.00. The zero-order valence-corrected chi connectivity index (χ0v) is 13.5. The molecule has 21 heavy (non-hydrogen) atoms. The number of nitriles is 1. The van der Waals surface area contributed by atoms with E-state index in [-0.39, 0.29) is 0 Å². The van der Waals surface area contributed by atoms with Crippen molar-refractivity contribution in [3.05, 3.63) is 39.0 Å². The second-order valence-corrected chi connectivity index (χ2v) is 5.97. The van der Waals surface area contributed by atoms with Crippen molar-refractivity contribution in [3.8, 4) is 11.8 Å². The van der Waals surface area contributed by atoms with E-state index in [0.29, 0.717) is 12.1 Å². The zero-order chi connectivity index (χ0) is 15.0. The molecule has 0 unspecified atom stereocenters. The number of halogens is 1. The molecule has 0 radical (unpaired) electrons. The maximum atomic E-state index is 9.23. The fourth-order valence-electron chi connectivity index (χ4n) is 2.65. The van der Waals surface area contributed by atoms with Crippen LogP contribution in [0.25, 0.3) is 0 Å². The number of nitrogens with one attached hydrogen (secondary N) is 1. The number of rotatable bonds is 3. The molecule has 108 valence electrons. The van der Waals surface area contributed by atoms with E-state index in [9.17, 15) is 5.26 Å². The van der Waals surface area contributed by atoms with Crippen LogP contribution < -0.4 is 10.1 Å². The molecule has 0 saturated heterocycles. The Bertz CT molecular complexity index is 745. The molecule has 0 aliphatic carbocycles. The predicted octanol–water partition coefficient (Wildman–Crippen LogP) is 2.91. The molecule has 6 heteroatoms. The largest absolute Gasteiger partial charge is 0.493 e. The molecular weight excluding hydrogens is 332 g/mol. The van der Waals surface area contributed by atoms with Gasteiger partial charge in [-0.2, -0.15) is 10.4 Å². The lowest BCUT2D eigenvalue weighted by Gasteiger charge is -2.11. The number of nitrogens with zero attached hydrogens (tertiary/aromatic N) is 3. The van der Waals surface area contributed by atoms with Crippen LogP contribution in [0.4, 0.5) is 5.82 Å². The van der Waals surface area contributed by atoms with E-state index in [1.807, 2.05) is 20.0 Å². The van der Waals surface area contributed by atoms with Gasteiger partial charge in [-0.1, -0.05) is 15.9 Å². The monoisotopic (exact) mass is 346 g/mol. The first-order valence-electron chi connectivity index (χ1n) is 6.72. The third kappa shape index (κ3) is 2.49. The van der Waals surface area contributed by atoms with Gasteiger partial charge in [-0.15, -0.1) is 0 Å². The first kappa shape index (κ1) is 14.0. The molecule has 3 rings (SSSR count). The number of hydrogen-bond acceptors (Lipinski definition) is 4. The second kappa shape index (κ2) is 5.41. The second-order valence-electron chi connectivity index (χ2n) is 5.05. The highest BCUT2D eigenvalue weighted by atomic mass is 79.9. The molecule has 0 spiro atoms. The van der Waals surface area contributed by atoms with Crippen molar-refractivity contribution in [1.82, 2.24) is 9.78 Å². The summed E-state index contributed by atoms with van der Waals surface area (Å²) in [7, 11) is 1.83. The SMILES string of the molecule is Cc1nn(C)c(NCc2cc(Br)cc3c2OCC3)c1C#N. The minimum atomic E-state index is 0.588. The Morgan fingerprint density at radius 3 is 3.10 bits per heavy atom. The van der Waals surface area contributed by atoms with Crippen LogP contribution in [0.1, 0.15) is 22.4 Å². The molecule has 2 aromatic rings. The fraction of sp³-hybridized carbons (Fsp3) is 0.333. The molecule has 1 aromatic carbocycles. The third-order valence-electron chi connectivity index (χ3n) is 3.61. The summed E-state index contributed by atoms with van der Waals surface area (Å²) < 4.78 is 8.46. The summed E-state index contributed by atoms with van der Waals surface area (Å²) in [6.45, 7) is 3.16. The molecule has 1 aromatic heterocycles. The van der Waals surface area contributed by atoms with Gasteiger partial charge in [-0.3, -0.25) is 4.68 Å². The molecule has 0 bridgehead atoms. The molecule has 5 nitrogen and oxygen atoms in total. The van der Waals surface area contributed by atoms with Crippen molar-refractivity contribution in [1.29, 1.82) is 5.26 Å². The molecule has 2 heterocycles. The third-order valence-corrected chi connectivity index (χ3v) is 4.06. The highest BCUT2D eigenvalue weighted by Gasteiger charge is 2.18. The van der Waals surface area contributed by atoms with Crippen molar-refractivity contribution >= 4 is 21.7 Å². The van der Waals surface area contributed by atoms with Crippen molar-refractivity contribution in [3.63, 3.8) is 0 Å². The van der Waals surface area contributed by atoms with E-state index < -0.39 is 0 Å². The highest BCUT2D eigenvalue weighted by Crippen LogP contribution is 2.33. The zero-order valence-electron chi connectivity index (χ0n) is 11.9. The van der Waals surface area contributed by atoms with Crippen molar-refractivity contribution in [2.24, 2.45) is 7.05 Å². The van der Waals surface area contributed by atoms with E-state index >= 15 is 0 Å².